The molecule has 0 saturated carbocycles. The summed E-state index contributed by atoms with van der Waals surface area (Å²) >= 11 is 0. The van der Waals surface area contributed by atoms with Gasteiger partial charge in [-0.05, 0) is 37.6 Å². The fraction of sp³-hybridized carbons (Fsp3) is 0.652. The molecule has 27 heavy (non-hydrogen) atoms. The molecule has 1 N–H and O–H groups in total. The van der Waals surface area contributed by atoms with Crippen LogP contribution in [0.3, 0.4) is 0 Å². The number of ketones is 1. The van der Waals surface area contributed by atoms with Gasteiger partial charge in [0.25, 0.3) is 0 Å². The van der Waals surface area contributed by atoms with Crippen molar-refractivity contribution in [3.63, 3.8) is 0 Å². The summed E-state index contributed by atoms with van der Waals surface area (Å²) in [6.45, 7) is 5.04. The Bertz CT molecular complexity index is 525. The fourth-order valence-electron chi connectivity index (χ4n) is 3.04. The Labute approximate surface area is 165 Å². The number of unbranched alkanes of at least 4 members (excludes halogenated alkanes) is 8. The van der Waals surface area contributed by atoms with Crippen LogP contribution in [0, 0.1) is 0 Å². The monoisotopic (exact) mass is 375 g/mol. The lowest BCUT2D eigenvalue weighted by molar-refractivity contribution is -0.118. The zero-order valence-electron chi connectivity index (χ0n) is 17.2. The molecular weight excluding hydrogens is 338 g/mol. The van der Waals surface area contributed by atoms with Crippen LogP contribution in [0.15, 0.2) is 24.3 Å². The van der Waals surface area contributed by atoms with Crippen LogP contribution in [0.1, 0.15) is 94.8 Å². The molecular formula is C23H37NO3. The van der Waals surface area contributed by atoms with E-state index in [-0.39, 0.29) is 5.97 Å². The molecule has 0 aliphatic heterocycles. The Hall–Kier alpha value is -1.84. The van der Waals surface area contributed by atoms with E-state index in [0.29, 0.717) is 37.3 Å². The van der Waals surface area contributed by atoms with Crippen molar-refractivity contribution in [3.8, 4) is 0 Å². The van der Waals surface area contributed by atoms with Gasteiger partial charge in [-0.2, -0.15) is 0 Å². The predicted molar refractivity (Wildman–Crippen MR) is 112 cm³/mol. The number of Topliss-reactive ketones (excluding diaryl/α,β-unsaturated/α-hetero) is 1. The minimum Gasteiger partial charge on any atom is -0.462 e. The van der Waals surface area contributed by atoms with E-state index in [9.17, 15) is 9.59 Å². The van der Waals surface area contributed by atoms with Gasteiger partial charge in [0.15, 0.2) is 0 Å². The van der Waals surface area contributed by atoms with Crippen molar-refractivity contribution in [2.45, 2.75) is 84.5 Å². The molecule has 0 saturated heterocycles. The van der Waals surface area contributed by atoms with E-state index in [0.717, 1.165) is 12.1 Å². The topological polar surface area (TPSA) is 55.4 Å². The molecule has 0 radical (unpaired) electrons. The van der Waals surface area contributed by atoms with E-state index >= 15 is 0 Å². The Morgan fingerprint density at radius 2 is 1.41 bits per heavy atom. The van der Waals surface area contributed by atoms with Crippen molar-refractivity contribution in [1.29, 1.82) is 0 Å². The number of ether oxygens (including phenoxy) is 1. The summed E-state index contributed by atoms with van der Waals surface area (Å²) in [6.07, 6.45) is 12.7. The maximum Gasteiger partial charge on any atom is 0.338 e. The average Bonchev–Trinajstić information content (AvgIpc) is 2.67. The van der Waals surface area contributed by atoms with Crippen molar-refractivity contribution in [2.75, 3.05) is 18.5 Å². The second kappa shape index (κ2) is 15.2. The van der Waals surface area contributed by atoms with Crippen LogP contribution in [-0.4, -0.2) is 24.9 Å². The molecule has 0 bridgehead atoms. The van der Waals surface area contributed by atoms with E-state index in [1.165, 1.54) is 51.4 Å². The smallest absolute Gasteiger partial charge is 0.338 e. The lowest BCUT2D eigenvalue weighted by atomic mass is 10.0. The van der Waals surface area contributed by atoms with Crippen molar-refractivity contribution < 1.29 is 14.3 Å². The van der Waals surface area contributed by atoms with Crippen molar-refractivity contribution in [1.82, 2.24) is 0 Å². The Kier molecular flexibility index (Phi) is 13.1. The van der Waals surface area contributed by atoms with Crippen molar-refractivity contribution in [3.05, 3.63) is 29.8 Å². The quantitative estimate of drug-likeness (QED) is 0.278. The number of benzene rings is 1. The lowest BCUT2D eigenvalue weighted by Crippen LogP contribution is -2.09. The zero-order chi connectivity index (χ0) is 19.7. The third-order valence-electron chi connectivity index (χ3n) is 4.69. The van der Waals surface area contributed by atoms with Crippen LogP contribution in [-0.2, 0) is 9.53 Å². The third-order valence-corrected chi connectivity index (χ3v) is 4.69. The lowest BCUT2D eigenvalue weighted by Gasteiger charge is -2.07. The summed E-state index contributed by atoms with van der Waals surface area (Å²) in [5.74, 6) is 0.0220. The standard InChI is InChI=1S/C23H37NO3/c1-3-5-6-7-8-9-10-11-12-13-22(25)18-19-24-21-16-14-20(15-17-21)23(26)27-4-2/h14-17,24H,3-13,18-19H2,1-2H3. The van der Waals surface area contributed by atoms with Crippen LogP contribution < -0.4 is 5.32 Å². The fourth-order valence-corrected chi connectivity index (χ4v) is 3.04. The molecule has 1 aromatic carbocycles. The first kappa shape index (κ1) is 23.2. The van der Waals surface area contributed by atoms with Gasteiger partial charge in [0, 0.05) is 25.1 Å². The van der Waals surface area contributed by atoms with Crippen LogP contribution >= 0.6 is 0 Å². The average molecular weight is 376 g/mol. The summed E-state index contributed by atoms with van der Waals surface area (Å²) in [6, 6.07) is 7.17. The van der Waals surface area contributed by atoms with E-state index in [1.807, 2.05) is 12.1 Å². The van der Waals surface area contributed by atoms with Gasteiger partial charge in [-0.1, -0.05) is 58.3 Å². The maximum atomic E-state index is 12.0. The summed E-state index contributed by atoms with van der Waals surface area (Å²) in [5.41, 5.74) is 1.46. The van der Waals surface area contributed by atoms with Gasteiger partial charge in [0.1, 0.15) is 5.78 Å². The van der Waals surface area contributed by atoms with Gasteiger partial charge in [0.2, 0.25) is 0 Å². The number of rotatable bonds is 16. The zero-order valence-corrected chi connectivity index (χ0v) is 17.2. The largest absolute Gasteiger partial charge is 0.462 e. The number of anilines is 1. The number of carbonyl (C=O) groups is 2. The van der Waals surface area contributed by atoms with Crippen LogP contribution in [0.4, 0.5) is 5.69 Å². The summed E-state index contributed by atoms with van der Waals surface area (Å²) in [5, 5.41) is 3.24. The van der Waals surface area contributed by atoms with Crippen molar-refractivity contribution in [2.24, 2.45) is 0 Å². The molecule has 0 aromatic heterocycles. The minimum absolute atomic E-state index is 0.305. The molecule has 4 heteroatoms. The SMILES string of the molecule is CCCCCCCCCCCC(=O)CCNc1ccc(C(=O)OCC)cc1. The molecule has 0 aliphatic rings. The second-order valence-electron chi connectivity index (χ2n) is 7.09. The molecule has 0 heterocycles. The highest BCUT2D eigenvalue weighted by molar-refractivity contribution is 5.89. The molecule has 0 fully saturated rings. The van der Waals surface area contributed by atoms with Crippen molar-refractivity contribution >= 4 is 17.4 Å². The summed E-state index contributed by atoms with van der Waals surface area (Å²) in [4.78, 5) is 23.6. The first-order valence-electron chi connectivity index (χ1n) is 10.7. The number of carbonyl (C=O) groups excluding carboxylic acids is 2. The number of esters is 1. The third kappa shape index (κ3) is 11.5. The molecule has 0 amide bonds. The number of nitrogens with one attached hydrogen (secondary N) is 1. The molecule has 0 unspecified atom stereocenters. The molecule has 4 nitrogen and oxygen atoms in total. The van der Waals surface area contributed by atoms with Gasteiger partial charge in [-0.25, -0.2) is 4.79 Å². The molecule has 1 rings (SSSR count). The minimum atomic E-state index is -0.305. The Balaban J connectivity index is 2.04. The Morgan fingerprint density at radius 1 is 0.815 bits per heavy atom. The molecule has 0 aliphatic carbocycles. The maximum absolute atomic E-state index is 12.0. The highest BCUT2D eigenvalue weighted by Gasteiger charge is 2.06. The summed E-state index contributed by atoms with van der Waals surface area (Å²) < 4.78 is 4.96. The molecule has 1 aromatic rings. The van der Waals surface area contributed by atoms with E-state index < -0.39 is 0 Å². The van der Waals surface area contributed by atoms with Gasteiger partial charge >= 0.3 is 5.97 Å². The van der Waals surface area contributed by atoms with Gasteiger partial charge in [-0.15, -0.1) is 0 Å². The number of hydrogen-bond acceptors (Lipinski definition) is 4. The van der Waals surface area contributed by atoms with E-state index in [4.69, 9.17) is 4.74 Å². The highest BCUT2D eigenvalue weighted by Crippen LogP contribution is 2.12. The Morgan fingerprint density at radius 3 is 2.00 bits per heavy atom. The highest BCUT2D eigenvalue weighted by atomic mass is 16.5. The van der Waals surface area contributed by atoms with Crippen LogP contribution in [0.25, 0.3) is 0 Å². The van der Waals surface area contributed by atoms with E-state index in [1.54, 1.807) is 19.1 Å². The second-order valence-corrected chi connectivity index (χ2v) is 7.09. The first-order chi connectivity index (χ1) is 13.2. The number of hydrogen-bond donors (Lipinski definition) is 1. The van der Waals surface area contributed by atoms with Crippen LogP contribution in [0.5, 0.6) is 0 Å². The molecule has 0 spiro atoms. The normalized spacial score (nSPS) is 10.6. The molecule has 0 atom stereocenters. The van der Waals surface area contributed by atoms with Gasteiger partial charge in [-0.3, -0.25) is 4.79 Å². The van der Waals surface area contributed by atoms with Crippen LogP contribution in [0.2, 0.25) is 0 Å². The molecule has 152 valence electrons. The first-order valence-corrected chi connectivity index (χ1v) is 10.7. The van der Waals surface area contributed by atoms with Gasteiger partial charge in [0.05, 0.1) is 12.2 Å². The van der Waals surface area contributed by atoms with E-state index in [2.05, 4.69) is 12.2 Å². The predicted octanol–water partition coefficient (Wildman–Crippen LogP) is 6.16. The summed E-state index contributed by atoms with van der Waals surface area (Å²) in [7, 11) is 0. The van der Waals surface area contributed by atoms with Gasteiger partial charge < -0.3 is 10.1 Å².